The van der Waals surface area contributed by atoms with Crippen LogP contribution >= 0.6 is 0 Å². The summed E-state index contributed by atoms with van der Waals surface area (Å²) in [5.74, 6) is 1.31. The van der Waals surface area contributed by atoms with E-state index in [0.29, 0.717) is 23.6 Å². The molecule has 1 amide bonds. The molecule has 26 heavy (non-hydrogen) atoms. The van der Waals surface area contributed by atoms with Crippen molar-refractivity contribution < 1.29 is 19.0 Å². The fourth-order valence-corrected chi connectivity index (χ4v) is 3.93. The molecule has 3 rings (SSSR count). The molecular formula is C20H30N2O4. The van der Waals surface area contributed by atoms with Crippen molar-refractivity contribution in [1.29, 1.82) is 0 Å². The van der Waals surface area contributed by atoms with E-state index in [0.717, 1.165) is 51.9 Å². The Morgan fingerprint density at radius 2 is 1.65 bits per heavy atom. The van der Waals surface area contributed by atoms with Crippen molar-refractivity contribution in [3.05, 3.63) is 24.3 Å². The normalized spacial score (nSPS) is 20.2. The van der Waals surface area contributed by atoms with Gasteiger partial charge < -0.3 is 24.0 Å². The van der Waals surface area contributed by atoms with Crippen LogP contribution in [0.15, 0.2) is 24.3 Å². The summed E-state index contributed by atoms with van der Waals surface area (Å²) < 4.78 is 16.4. The molecular weight excluding hydrogens is 332 g/mol. The lowest BCUT2D eigenvalue weighted by molar-refractivity contribution is -0.135. The van der Waals surface area contributed by atoms with E-state index in [-0.39, 0.29) is 12.5 Å². The van der Waals surface area contributed by atoms with E-state index in [2.05, 4.69) is 4.90 Å². The molecule has 6 heteroatoms. The van der Waals surface area contributed by atoms with Gasteiger partial charge in [0.15, 0.2) is 18.1 Å². The maximum absolute atomic E-state index is 12.5. The maximum atomic E-state index is 12.5. The molecule has 144 valence electrons. The molecule has 2 aliphatic heterocycles. The van der Waals surface area contributed by atoms with Gasteiger partial charge in [0, 0.05) is 39.3 Å². The average Bonchev–Trinajstić information content (AvgIpc) is 2.72. The Kier molecular flexibility index (Phi) is 6.74. The number of likely N-dealkylation sites (tertiary alicyclic amines) is 2. The number of ether oxygens (including phenoxy) is 3. The van der Waals surface area contributed by atoms with Crippen LogP contribution in [0.4, 0.5) is 0 Å². The highest BCUT2D eigenvalue weighted by Gasteiger charge is 2.29. The van der Waals surface area contributed by atoms with Gasteiger partial charge in [-0.2, -0.15) is 0 Å². The molecule has 2 saturated heterocycles. The van der Waals surface area contributed by atoms with E-state index in [1.807, 2.05) is 29.2 Å². The minimum Gasteiger partial charge on any atom is -0.493 e. The first kappa shape index (κ1) is 19.0. The van der Waals surface area contributed by atoms with Gasteiger partial charge in [0.1, 0.15) is 0 Å². The lowest BCUT2D eigenvalue weighted by Gasteiger charge is -2.41. The molecule has 2 aliphatic rings. The van der Waals surface area contributed by atoms with Crippen molar-refractivity contribution in [2.75, 3.05) is 47.0 Å². The SMILES string of the molecule is COc1ccccc1OCC(=O)N1CCC(N2CCC(OC)CC2)CC1. The van der Waals surface area contributed by atoms with Crippen molar-refractivity contribution in [2.45, 2.75) is 37.8 Å². The van der Waals surface area contributed by atoms with Crippen LogP contribution in [0.1, 0.15) is 25.7 Å². The first-order valence-electron chi connectivity index (χ1n) is 9.51. The predicted molar refractivity (Wildman–Crippen MR) is 99.7 cm³/mol. The van der Waals surface area contributed by atoms with Gasteiger partial charge in [-0.15, -0.1) is 0 Å². The zero-order chi connectivity index (χ0) is 18.4. The van der Waals surface area contributed by atoms with Gasteiger partial charge in [-0.05, 0) is 37.8 Å². The number of hydrogen-bond acceptors (Lipinski definition) is 5. The van der Waals surface area contributed by atoms with Gasteiger partial charge in [0.05, 0.1) is 13.2 Å². The van der Waals surface area contributed by atoms with Crippen molar-refractivity contribution in [3.8, 4) is 11.5 Å². The van der Waals surface area contributed by atoms with Crippen molar-refractivity contribution in [1.82, 2.24) is 9.80 Å². The number of para-hydroxylation sites is 2. The van der Waals surface area contributed by atoms with Gasteiger partial charge in [0.25, 0.3) is 5.91 Å². The molecule has 0 bridgehead atoms. The average molecular weight is 362 g/mol. The number of benzene rings is 1. The van der Waals surface area contributed by atoms with Crippen LogP contribution in [0.3, 0.4) is 0 Å². The van der Waals surface area contributed by atoms with Crippen LogP contribution in [-0.4, -0.2) is 74.9 Å². The Bertz CT molecular complexity index is 579. The minimum atomic E-state index is 0.0486. The fourth-order valence-electron chi connectivity index (χ4n) is 3.93. The molecule has 1 aromatic carbocycles. The number of rotatable bonds is 6. The lowest BCUT2D eigenvalue weighted by Crippen LogP contribution is -2.50. The molecule has 0 spiro atoms. The van der Waals surface area contributed by atoms with E-state index in [1.165, 1.54) is 0 Å². The van der Waals surface area contributed by atoms with Crippen LogP contribution < -0.4 is 9.47 Å². The maximum Gasteiger partial charge on any atom is 0.260 e. The van der Waals surface area contributed by atoms with Crippen molar-refractivity contribution in [2.24, 2.45) is 0 Å². The Morgan fingerprint density at radius 1 is 1.00 bits per heavy atom. The lowest BCUT2D eigenvalue weighted by atomic mass is 9.99. The summed E-state index contributed by atoms with van der Waals surface area (Å²) in [6, 6.07) is 8.00. The molecule has 0 atom stereocenters. The number of carbonyl (C=O) groups is 1. The Labute approximate surface area is 156 Å². The topological polar surface area (TPSA) is 51.2 Å². The number of methoxy groups -OCH3 is 2. The number of hydrogen-bond donors (Lipinski definition) is 0. The summed E-state index contributed by atoms with van der Waals surface area (Å²) >= 11 is 0. The Hall–Kier alpha value is -1.79. The summed E-state index contributed by atoms with van der Waals surface area (Å²) in [6.45, 7) is 3.89. The molecule has 0 saturated carbocycles. The highest BCUT2D eigenvalue weighted by molar-refractivity contribution is 5.78. The highest BCUT2D eigenvalue weighted by atomic mass is 16.5. The highest BCUT2D eigenvalue weighted by Crippen LogP contribution is 2.26. The third-order valence-electron chi connectivity index (χ3n) is 5.56. The largest absolute Gasteiger partial charge is 0.493 e. The summed E-state index contributed by atoms with van der Waals surface area (Å²) in [6.07, 6.45) is 4.72. The standard InChI is InChI=1S/C20H30N2O4/c1-24-17-9-13-21(14-10-17)16-7-11-22(12-8-16)20(23)15-26-19-6-4-3-5-18(19)25-2/h3-6,16-17H,7-15H2,1-2H3. The molecule has 0 aliphatic carbocycles. The third-order valence-corrected chi connectivity index (χ3v) is 5.56. The van der Waals surface area contributed by atoms with Crippen molar-refractivity contribution in [3.63, 3.8) is 0 Å². The monoisotopic (exact) mass is 362 g/mol. The molecule has 2 heterocycles. The molecule has 2 fully saturated rings. The number of amides is 1. The second-order valence-corrected chi connectivity index (χ2v) is 7.02. The number of carbonyl (C=O) groups excluding carboxylic acids is 1. The Balaban J connectivity index is 1.42. The molecule has 0 radical (unpaired) electrons. The summed E-state index contributed by atoms with van der Waals surface area (Å²) in [7, 11) is 3.40. The van der Waals surface area contributed by atoms with E-state index < -0.39 is 0 Å². The molecule has 1 aromatic rings. The second-order valence-electron chi connectivity index (χ2n) is 7.02. The summed E-state index contributed by atoms with van der Waals surface area (Å²) in [4.78, 5) is 17.0. The Morgan fingerprint density at radius 3 is 2.27 bits per heavy atom. The smallest absolute Gasteiger partial charge is 0.260 e. The minimum absolute atomic E-state index is 0.0486. The van der Waals surface area contributed by atoms with Gasteiger partial charge in [-0.1, -0.05) is 12.1 Å². The van der Waals surface area contributed by atoms with E-state index in [9.17, 15) is 4.79 Å². The third kappa shape index (κ3) is 4.68. The van der Waals surface area contributed by atoms with Crippen LogP contribution in [0.25, 0.3) is 0 Å². The first-order valence-corrected chi connectivity index (χ1v) is 9.51. The van der Waals surface area contributed by atoms with E-state index >= 15 is 0 Å². The second kappa shape index (κ2) is 9.24. The summed E-state index contributed by atoms with van der Waals surface area (Å²) in [5.41, 5.74) is 0. The molecule has 6 nitrogen and oxygen atoms in total. The predicted octanol–water partition coefficient (Wildman–Crippen LogP) is 2.18. The quantitative estimate of drug-likeness (QED) is 0.776. The number of nitrogens with zero attached hydrogens (tertiary/aromatic N) is 2. The fraction of sp³-hybridized carbons (Fsp3) is 0.650. The molecule has 0 unspecified atom stereocenters. The van der Waals surface area contributed by atoms with E-state index in [1.54, 1.807) is 14.2 Å². The van der Waals surface area contributed by atoms with Crippen LogP contribution in [0.5, 0.6) is 11.5 Å². The first-order chi connectivity index (χ1) is 12.7. The van der Waals surface area contributed by atoms with E-state index in [4.69, 9.17) is 14.2 Å². The van der Waals surface area contributed by atoms with Gasteiger partial charge in [-0.25, -0.2) is 0 Å². The van der Waals surface area contributed by atoms with Gasteiger partial charge in [0.2, 0.25) is 0 Å². The van der Waals surface area contributed by atoms with Crippen LogP contribution in [0, 0.1) is 0 Å². The van der Waals surface area contributed by atoms with Crippen LogP contribution in [0.2, 0.25) is 0 Å². The molecule has 0 aromatic heterocycles. The molecule has 0 N–H and O–H groups in total. The number of piperidine rings is 2. The van der Waals surface area contributed by atoms with Crippen LogP contribution in [-0.2, 0) is 9.53 Å². The zero-order valence-corrected chi connectivity index (χ0v) is 15.9. The summed E-state index contributed by atoms with van der Waals surface area (Å²) in [5, 5.41) is 0. The zero-order valence-electron chi connectivity index (χ0n) is 15.9. The van der Waals surface area contributed by atoms with Gasteiger partial charge in [-0.3, -0.25) is 4.79 Å². The van der Waals surface area contributed by atoms with Gasteiger partial charge >= 0.3 is 0 Å². The van der Waals surface area contributed by atoms with Crippen molar-refractivity contribution >= 4 is 5.91 Å².